The fourth-order valence-corrected chi connectivity index (χ4v) is 2.51. The Morgan fingerprint density at radius 3 is 2.43 bits per heavy atom. The standard InChI is InChI=1S/C17H20ClNO2/c1-12(14-6-4-5-7-16(14)20-2)19-11-13-8-9-17(21-3)15(18)10-13/h4-10,12,19H,11H2,1-3H3/t12-/m0/s1. The van der Waals surface area contributed by atoms with E-state index in [-0.39, 0.29) is 6.04 Å². The van der Waals surface area contributed by atoms with Crippen LogP contribution in [0.2, 0.25) is 5.02 Å². The van der Waals surface area contributed by atoms with Crippen LogP contribution in [-0.4, -0.2) is 14.2 Å². The molecule has 21 heavy (non-hydrogen) atoms. The van der Waals surface area contributed by atoms with Crippen molar-refractivity contribution in [2.75, 3.05) is 14.2 Å². The Balaban J connectivity index is 2.04. The number of hydrogen-bond acceptors (Lipinski definition) is 3. The third-order valence-electron chi connectivity index (χ3n) is 3.43. The van der Waals surface area contributed by atoms with E-state index in [1.165, 1.54) is 0 Å². The van der Waals surface area contributed by atoms with Crippen LogP contribution < -0.4 is 14.8 Å². The van der Waals surface area contributed by atoms with Crippen LogP contribution in [0.5, 0.6) is 11.5 Å². The van der Waals surface area contributed by atoms with Crippen molar-refractivity contribution in [3.63, 3.8) is 0 Å². The summed E-state index contributed by atoms with van der Waals surface area (Å²) in [6, 6.07) is 14.0. The van der Waals surface area contributed by atoms with Crippen molar-refractivity contribution in [2.45, 2.75) is 19.5 Å². The number of ether oxygens (including phenoxy) is 2. The van der Waals surface area contributed by atoms with E-state index in [0.717, 1.165) is 23.4 Å². The minimum absolute atomic E-state index is 0.182. The van der Waals surface area contributed by atoms with Gasteiger partial charge in [0.05, 0.1) is 19.2 Å². The first kappa shape index (κ1) is 15.7. The molecule has 0 unspecified atom stereocenters. The van der Waals surface area contributed by atoms with E-state index < -0.39 is 0 Å². The number of hydrogen-bond donors (Lipinski definition) is 1. The number of para-hydroxylation sites is 1. The van der Waals surface area contributed by atoms with Gasteiger partial charge < -0.3 is 14.8 Å². The molecule has 2 aromatic rings. The molecule has 1 atom stereocenters. The van der Waals surface area contributed by atoms with E-state index >= 15 is 0 Å². The summed E-state index contributed by atoms with van der Waals surface area (Å²) >= 11 is 6.14. The van der Waals surface area contributed by atoms with Crippen molar-refractivity contribution in [3.8, 4) is 11.5 Å². The lowest BCUT2D eigenvalue weighted by atomic mass is 10.1. The van der Waals surface area contributed by atoms with Crippen molar-refractivity contribution in [2.24, 2.45) is 0 Å². The van der Waals surface area contributed by atoms with Gasteiger partial charge in [0.15, 0.2) is 0 Å². The molecule has 0 fully saturated rings. The molecule has 2 rings (SSSR count). The quantitative estimate of drug-likeness (QED) is 0.867. The molecule has 0 radical (unpaired) electrons. The Hall–Kier alpha value is -1.71. The van der Waals surface area contributed by atoms with Gasteiger partial charge in [-0.05, 0) is 30.7 Å². The maximum absolute atomic E-state index is 6.14. The van der Waals surface area contributed by atoms with Crippen molar-refractivity contribution < 1.29 is 9.47 Å². The highest BCUT2D eigenvalue weighted by molar-refractivity contribution is 6.32. The number of methoxy groups -OCH3 is 2. The van der Waals surface area contributed by atoms with Gasteiger partial charge in [-0.2, -0.15) is 0 Å². The summed E-state index contributed by atoms with van der Waals surface area (Å²) in [5, 5.41) is 4.10. The fraction of sp³-hybridized carbons (Fsp3) is 0.294. The summed E-state index contributed by atoms with van der Waals surface area (Å²) in [6.07, 6.45) is 0. The minimum atomic E-state index is 0.182. The van der Waals surface area contributed by atoms with Crippen LogP contribution in [0.1, 0.15) is 24.1 Å². The zero-order chi connectivity index (χ0) is 15.2. The minimum Gasteiger partial charge on any atom is -0.496 e. The first-order chi connectivity index (χ1) is 10.2. The molecule has 3 nitrogen and oxygen atoms in total. The van der Waals surface area contributed by atoms with E-state index in [4.69, 9.17) is 21.1 Å². The molecule has 0 heterocycles. The van der Waals surface area contributed by atoms with Crippen LogP contribution >= 0.6 is 11.6 Å². The normalized spacial score (nSPS) is 12.0. The lowest BCUT2D eigenvalue weighted by Crippen LogP contribution is -2.18. The summed E-state index contributed by atoms with van der Waals surface area (Å²) in [5.74, 6) is 1.59. The predicted octanol–water partition coefficient (Wildman–Crippen LogP) is 4.21. The van der Waals surface area contributed by atoms with Crippen molar-refractivity contribution in [1.82, 2.24) is 5.32 Å². The first-order valence-corrected chi connectivity index (χ1v) is 7.22. The smallest absolute Gasteiger partial charge is 0.137 e. The SMILES string of the molecule is COc1ccc(CN[C@@H](C)c2ccccc2OC)cc1Cl. The average Bonchev–Trinajstić information content (AvgIpc) is 2.52. The lowest BCUT2D eigenvalue weighted by molar-refractivity contribution is 0.401. The highest BCUT2D eigenvalue weighted by Crippen LogP contribution is 2.27. The molecule has 4 heteroatoms. The van der Waals surface area contributed by atoms with Crippen LogP contribution in [0.15, 0.2) is 42.5 Å². The summed E-state index contributed by atoms with van der Waals surface area (Å²) in [6.45, 7) is 2.84. The number of nitrogens with one attached hydrogen (secondary N) is 1. The van der Waals surface area contributed by atoms with Gasteiger partial charge in [0.1, 0.15) is 11.5 Å². The van der Waals surface area contributed by atoms with Crippen molar-refractivity contribution >= 4 is 11.6 Å². The van der Waals surface area contributed by atoms with Crippen LogP contribution in [0, 0.1) is 0 Å². The second-order valence-corrected chi connectivity index (χ2v) is 5.22. The number of halogens is 1. The maximum Gasteiger partial charge on any atom is 0.137 e. The average molecular weight is 306 g/mol. The molecule has 0 aliphatic heterocycles. The van der Waals surface area contributed by atoms with Crippen molar-refractivity contribution in [3.05, 3.63) is 58.6 Å². The maximum atomic E-state index is 6.14. The van der Waals surface area contributed by atoms with Gasteiger partial charge >= 0.3 is 0 Å². The Morgan fingerprint density at radius 2 is 1.76 bits per heavy atom. The molecule has 0 aliphatic carbocycles. The lowest BCUT2D eigenvalue weighted by Gasteiger charge is -2.17. The third kappa shape index (κ3) is 3.90. The molecule has 1 N–H and O–H groups in total. The number of rotatable bonds is 6. The molecule has 0 aromatic heterocycles. The molecule has 0 bridgehead atoms. The molecule has 0 saturated heterocycles. The third-order valence-corrected chi connectivity index (χ3v) is 3.73. The van der Waals surface area contributed by atoms with E-state index in [1.807, 2.05) is 36.4 Å². The van der Waals surface area contributed by atoms with Crippen LogP contribution in [0.4, 0.5) is 0 Å². The zero-order valence-electron chi connectivity index (χ0n) is 12.5. The van der Waals surface area contributed by atoms with Gasteiger partial charge in [-0.3, -0.25) is 0 Å². The van der Waals surface area contributed by atoms with Gasteiger partial charge in [-0.25, -0.2) is 0 Å². The second kappa shape index (κ2) is 7.34. The second-order valence-electron chi connectivity index (χ2n) is 4.81. The van der Waals surface area contributed by atoms with Crippen LogP contribution in [-0.2, 0) is 6.54 Å². The summed E-state index contributed by atoms with van der Waals surface area (Å²) < 4.78 is 10.5. The molecule has 0 amide bonds. The first-order valence-electron chi connectivity index (χ1n) is 6.84. The summed E-state index contributed by atoms with van der Waals surface area (Å²) in [7, 11) is 3.30. The Morgan fingerprint density at radius 1 is 1.05 bits per heavy atom. The Kier molecular flexibility index (Phi) is 5.48. The van der Waals surface area contributed by atoms with Gasteiger partial charge in [0, 0.05) is 18.2 Å². The Labute approximate surface area is 130 Å². The van der Waals surface area contributed by atoms with Gasteiger partial charge in [0.2, 0.25) is 0 Å². The predicted molar refractivity (Wildman–Crippen MR) is 86.3 cm³/mol. The molecule has 0 spiro atoms. The zero-order valence-corrected chi connectivity index (χ0v) is 13.3. The summed E-state index contributed by atoms with van der Waals surface area (Å²) in [4.78, 5) is 0. The van der Waals surface area contributed by atoms with Gasteiger partial charge in [-0.15, -0.1) is 0 Å². The molecule has 2 aromatic carbocycles. The molecule has 0 aliphatic rings. The van der Waals surface area contributed by atoms with Crippen LogP contribution in [0.25, 0.3) is 0 Å². The molecule has 0 saturated carbocycles. The van der Waals surface area contributed by atoms with Gasteiger partial charge in [-0.1, -0.05) is 35.9 Å². The molecule has 112 valence electrons. The number of benzene rings is 2. The van der Waals surface area contributed by atoms with Crippen LogP contribution in [0.3, 0.4) is 0 Å². The Bertz CT molecular complexity index is 601. The molecular formula is C17H20ClNO2. The van der Waals surface area contributed by atoms with E-state index in [0.29, 0.717) is 10.8 Å². The highest BCUT2D eigenvalue weighted by atomic mass is 35.5. The topological polar surface area (TPSA) is 30.5 Å². The van der Waals surface area contributed by atoms with Gasteiger partial charge in [0.25, 0.3) is 0 Å². The van der Waals surface area contributed by atoms with Crippen molar-refractivity contribution in [1.29, 1.82) is 0 Å². The fourth-order valence-electron chi connectivity index (χ4n) is 2.22. The van der Waals surface area contributed by atoms with E-state index in [1.54, 1.807) is 14.2 Å². The summed E-state index contributed by atoms with van der Waals surface area (Å²) in [5.41, 5.74) is 2.25. The highest BCUT2D eigenvalue weighted by Gasteiger charge is 2.10. The van der Waals surface area contributed by atoms with E-state index in [2.05, 4.69) is 18.3 Å². The largest absolute Gasteiger partial charge is 0.496 e. The molecular weight excluding hydrogens is 286 g/mol. The van der Waals surface area contributed by atoms with E-state index in [9.17, 15) is 0 Å². The monoisotopic (exact) mass is 305 g/mol.